The average Bonchev–Trinajstić information content (AvgIpc) is 2.56. The normalized spacial score (nSPS) is 22.0. The lowest BCUT2D eigenvalue weighted by atomic mass is 10.3. The zero-order chi connectivity index (χ0) is 17.1. The van der Waals surface area contributed by atoms with Gasteiger partial charge in [-0.25, -0.2) is 0 Å². The van der Waals surface area contributed by atoms with Crippen LogP contribution in [0, 0.1) is 0 Å². The van der Waals surface area contributed by atoms with Gasteiger partial charge in [0.2, 0.25) is 11.8 Å². The van der Waals surface area contributed by atoms with E-state index >= 15 is 0 Å². The van der Waals surface area contributed by atoms with E-state index in [1.807, 2.05) is 0 Å². The van der Waals surface area contributed by atoms with Gasteiger partial charge in [-0.1, -0.05) is 20.8 Å². The lowest BCUT2D eigenvalue weighted by Crippen LogP contribution is -2.43. The van der Waals surface area contributed by atoms with E-state index in [1.165, 1.54) is 0 Å². The molecule has 23 heavy (non-hydrogen) atoms. The molecular weight excluding hydrogens is 294 g/mol. The highest BCUT2D eigenvalue weighted by Crippen LogP contribution is 1.96. The first-order valence-corrected chi connectivity index (χ1v) is 8.79. The van der Waals surface area contributed by atoms with Crippen LogP contribution < -0.4 is 10.6 Å². The number of nitrogens with one attached hydrogen (secondary N) is 2. The third-order valence-electron chi connectivity index (χ3n) is 4.31. The van der Waals surface area contributed by atoms with Gasteiger partial charge in [0, 0.05) is 39.3 Å². The van der Waals surface area contributed by atoms with E-state index in [9.17, 15) is 9.59 Å². The van der Waals surface area contributed by atoms with Crippen molar-refractivity contribution in [1.82, 2.24) is 25.3 Å². The van der Waals surface area contributed by atoms with Gasteiger partial charge in [0.15, 0.2) is 0 Å². The molecule has 1 saturated heterocycles. The van der Waals surface area contributed by atoms with Gasteiger partial charge in [-0.3, -0.25) is 19.4 Å². The van der Waals surface area contributed by atoms with Crippen molar-refractivity contribution in [2.45, 2.75) is 20.8 Å². The summed E-state index contributed by atoms with van der Waals surface area (Å²) in [5.41, 5.74) is 0. The quantitative estimate of drug-likeness (QED) is 0.710. The predicted molar refractivity (Wildman–Crippen MR) is 92.4 cm³/mol. The van der Waals surface area contributed by atoms with Crippen molar-refractivity contribution in [2.75, 3.05) is 72.0 Å². The number of amides is 2. The molecule has 0 saturated carbocycles. The Kier molecular flexibility index (Phi) is 9.82. The van der Waals surface area contributed by atoms with Crippen molar-refractivity contribution in [3.63, 3.8) is 0 Å². The Morgan fingerprint density at radius 2 is 1.04 bits per heavy atom. The van der Waals surface area contributed by atoms with Crippen LogP contribution in [0.4, 0.5) is 0 Å². The molecule has 0 radical (unpaired) electrons. The fraction of sp³-hybridized carbons (Fsp3) is 0.875. The van der Waals surface area contributed by atoms with Crippen molar-refractivity contribution in [3.8, 4) is 0 Å². The molecule has 0 spiro atoms. The molecule has 1 aliphatic rings. The molecule has 0 bridgehead atoms. The molecule has 1 fully saturated rings. The third kappa shape index (κ3) is 8.29. The van der Waals surface area contributed by atoms with Crippen molar-refractivity contribution in [2.24, 2.45) is 0 Å². The van der Waals surface area contributed by atoms with Crippen molar-refractivity contribution in [3.05, 3.63) is 0 Å². The molecule has 2 amide bonds. The largest absolute Gasteiger partial charge is 0.353 e. The first kappa shape index (κ1) is 19.9. The molecule has 1 aliphatic heterocycles. The van der Waals surface area contributed by atoms with Crippen LogP contribution in [0.5, 0.6) is 0 Å². The molecule has 2 N–H and O–H groups in total. The Hall–Kier alpha value is -1.18. The lowest BCUT2D eigenvalue weighted by molar-refractivity contribution is -0.124. The van der Waals surface area contributed by atoms with E-state index in [-0.39, 0.29) is 11.8 Å². The summed E-state index contributed by atoms with van der Waals surface area (Å²) in [7, 11) is 0. The Morgan fingerprint density at radius 1 is 0.696 bits per heavy atom. The summed E-state index contributed by atoms with van der Waals surface area (Å²) >= 11 is 0. The maximum atomic E-state index is 11.9. The maximum Gasteiger partial charge on any atom is 0.234 e. The second kappa shape index (κ2) is 11.4. The van der Waals surface area contributed by atoms with Crippen LogP contribution in [0.3, 0.4) is 0 Å². The van der Waals surface area contributed by atoms with Crippen molar-refractivity contribution < 1.29 is 9.59 Å². The number of carbonyl (C=O) groups is 2. The highest BCUT2D eigenvalue weighted by Gasteiger charge is 2.14. The number of nitrogens with zero attached hydrogens (tertiary/aromatic N) is 3. The minimum atomic E-state index is 0.0224. The number of carbonyl (C=O) groups excluding carboxylic acids is 2. The van der Waals surface area contributed by atoms with E-state index in [2.05, 4.69) is 46.1 Å². The van der Waals surface area contributed by atoms with Gasteiger partial charge in [0.05, 0.1) is 13.1 Å². The Morgan fingerprint density at radius 3 is 1.39 bits per heavy atom. The van der Waals surface area contributed by atoms with Crippen LogP contribution in [0.2, 0.25) is 0 Å². The molecule has 134 valence electrons. The Bertz CT molecular complexity index is 332. The smallest absolute Gasteiger partial charge is 0.234 e. The zero-order valence-corrected chi connectivity index (χ0v) is 14.9. The van der Waals surface area contributed by atoms with Gasteiger partial charge in [-0.05, 0) is 19.6 Å². The Labute approximate surface area is 140 Å². The molecule has 0 aromatic rings. The van der Waals surface area contributed by atoms with Crippen molar-refractivity contribution in [1.29, 1.82) is 0 Å². The van der Waals surface area contributed by atoms with Crippen LogP contribution >= 0.6 is 0 Å². The number of rotatable bonds is 3. The molecule has 0 aliphatic carbocycles. The fourth-order valence-corrected chi connectivity index (χ4v) is 2.61. The second-order valence-electron chi connectivity index (χ2n) is 5.87. The second-order valence-corrected chi connectivity index (χ2v) is 5.87. The highest BCUT2D eigenvalue weighted by molar-refractivity contribution is 5.79. The number of hydrogen-bond donors (Lipinski definition) is 2. The molecule has 0 aromatic carbocycles. The molecule has 7 heteroatoms. The van der Waals surface area contributed by atoms with E-state index in [1.54, 1.807) is 0 Å². The minimum absolute atomic E-state index is 0.0224. The van der Waals surface area contributed by atoms with E-state index < -0.39 is 0 Å². The summed E-state index contributed by atoms with van der Waals surface area (Å²) in [6.07, 6.45) is 0. The molecule has 1 heterocycles. The zero-order valence-electron chi connectivity index (χ0n) is 14.9. The molecule has 7 nitrogen and oxygen atoms in total. The highest BCUT2D eigenvalue weighted by atomic mass is 16.2. The summed E-state index contributed by atoms with van der Waals surface area (Å²) in [6.45, 7) is 14.5. The lowest BCUT2D eigenvalue weighted by Gasteiger charge is -2.28. The van der Waals surface area contributed by atoms with Gasteiger partial charge < -0.3 is 15.5 Å². The van der Waals surface area contributed by atoms with Gasteiger partial charge in [-0.15, -0.1) is 0 Å². The Balaban J connectivity index is 2.66. The van der Waals surface area contributed by atoms with Gasteiger partial charge in [0.1, 0.15) is 0 Å². The summed E-state index contributed by atoms with van der Waals surface area (Å²) in [4.78, 5) is 30.6. The monoisotopic (exact) mass is 327 g/mol. The van der Waals surface area contributed by atoms with Gasteiger partial charge >= 0.3 is 0 Å². The van der Waals surface area contributed by atoms with Crippen LogP contribution in [-0.2, 0) is 9.59 Å². The van der Waals surface area contributed by atoms with Crippen molar-refractivity contribution >= 4 is 11.8 Å². The van der Waals surface area contributed by atoms with Crippen LogP contribution in [0.15, 0.2) is 0 Å². The maximum absolute atomic E-state index is 11.9. The standard InChI is InChI=1S/C16H33N5O2/c1-4-19-9-11-20(5-2)13-15(22)17-7-8-18-16(23)14-21(6-3)12-10-19/h4-14H2,1-3H3,(H,17,22)(H,18,23). The topological polar surface area (TPSA) is 67.9 Å². The van der Waals surface area contributed by atoms with Crippen LogP contribution in [0.25, 0.3) is 0 Å². The molecule has 0 aromatic heterocycles. The molecule has 0 atom stereocenters. The fourth-order valence-electron chi connectivity index (χ4n) is 2.61. The summed E-state index contributed by atoms with van der Waals surface area (Å²) in [5.74, 6) is 0.0448. The number of hydrogen-bond acceptors (Lipinski definition) is 5. The summed E-state index contributed by atoms with van der Waals surface area (Å²) < 4.78 is 0. The van der Waals surface area contributed by atoms with Crippen LogP contribution in [-0.4, -0.2) is 98.5 Å². The molecular formula is C16H33N5O2. The van der Waals surface area contributed by atoms with E-state index in [0.29, 0.717) is 26.2 Å². The molecule has 1 rings (SSSR count). The van der Waals surface area contributed by atoms with Gasteiger partial charge in [0.25, 0.3) is 0 Å². The van der Waals surface area contributed by atoms with Gasteiger partial charge in [-0.2, -0.15) is 0 Å². The first-order valence-electron chi connectivity index (χ1n) is 8.79. The summed E-state index contributed by atoms with van der Waals surface area (Å²) in [5, 5.41) is 5.73. The minimum Gasteiger partial charge on any atom is -0.353 e. The SMILES string of the molecule is CCN1CCN(CC)CC(=O)NCCNC(=O)CN(CC)CC1. The number of likely N-dealkylation sites (N-methyl/N-ethyl adjacent to an activating group) is 3. The predicted octanol–water partition coefficient (Wildman–Crippen LogP) is -0.802. The van der Waals surface area contributed by atoms with E-state index in [0.717, 1.165) is 45.8 Å². The van der Waals surface area contributed by atoms with Crippen LogP contribution in [0.1, 0.15) is 20.8 Å². The average molecular weight is 327 g/mol. The molecule has 0 unspecified atom stereocenters. The summed E-state index contributed by atoms with van der Waals surface area (Å²) in [6, 6.07) is 0. The van der Waals surface area contributed by atoms with E-state index in [4.69, 9.17) is 0 Å². The first-order chi connectivity index (χ1) is 11.1. The third-order valence-corrected chi connectivity index (χ3v) is 4.31.